The molecule has 2 aromatic carbocycles. The van der Waals surface area contributed by atoms with Crippen molar-refractivity contribution in [3.05, 3.63) is 59.4 Å². The van der Waals surface area contributed by atoms with Crippen molar-refractivity contribution in [3.63, 3.8) is 0 Å². The number of carbonyl (C=O) groups excluding carboxylic acids is 3. The molecule has 0 aliphatic heterocycles. The van der Waals surface area contributed by atoms with E-state index in [0.717, 1.165) is 6.07 Å². The van der Waals surface area contributed by atoms with E-state index in [-0.39, 0.29) is 17.9 Å². The van der Waals surface area contributed by atoms with Gasteiger partial charge in [0.05, 0.1) is 24.8 Å². The Kier molecular flexibility index (Phi) is 6.87. The highest BCUT2D eigenvalue weighted by Gasteiger charge is 2.13. The molecule has 142 valence electrons. The summed E-state index contributed by atoms with van der Waals surface area (Å²) in [5.41, 5.74) is 0.724. The van der Waals surface area contributed by atoms with Gasteiger partial charge in [0.15, 0.2) is 18.2 Å². The average Bonchev–Trinajstić information content (AvgIpc) is 2.66. The second-order valence-corrected chi connectivity index (χ2v) is 5.27. The summed E-state index contributed by atoms with van der Waals surface area (Å²) in [6, 6.07) is 9.62. The Hall–Kier alpha value is -3.42. The lowest BCUT2D eigenvalue weighted by Gasteiger charge is -2.08. The zero-order valence-corrected chi connectivity index (χ0v) is 14.8. The first-order valence-electron chi connectivity index (χ1n) is 8.02. The summed E-state index contributed by atoms with van der Waals surface area (Å²) in [6.45, 7) is 1.42. The van der Waals surface area contributed by atoms with Crippen molar-refractivity contribution >= 4 is 23.5 Å². The Bertz CT molecular complexity index is 835. The van der Waals surface area contributed by atoms with Crippen LogP contribution in [0.3, 0.4) is 0 Å². The van der Waals surface area contributed by atoms with Crippen LogP contribution in [0.5, 0.6) is 5.75 Å². The predicted octanol–water partition coefficient (Wildman–Crippen LogP) is 2.81. The normalized spacial score (nSPS) is 10.0. The van der Waals surface area contributed by atoms with Gasteiger partial charge in [-0.25, -0.2) is 14.0 Å². The molecular formula is C19H18FNO6. The van der Waals surface area contributed by atoms with E-state index in [0.29, 0.717) is 11.3 Å². The van der Waals surface area contributed by atoms with Gasteiger partial charge in [-0.15, -0.1) is 0 Å². The molecule has 8 heteroatoms. The number of ether oxygens (including phenoxy) is 3. The van der Waals surface area contributed by atoms with E-state index in [1.807, 2.05) is 0 Å². The van der Waals surface area contributed by atoms with Crippen molar-refractivity contribution < 1.29 is 33.0 Å². The quantitative estimate of drug-likeness (QED) is 0.749. The molecule has 1 N–H and O–H groups in total. The van der Waals surface area contributed by atoms with Gasteiger partial charge in [-0.1, -0.05) is 0 Å². The average molecular weight is 375 g/mol. The first-order chi connectivity index (χ1) is 12.9. The van der Waals surface area contributed by atoms with Crippen LogP contribution in [0.1, 0.15) is 27.6 Å². The van der Waals surface area contributed by atoms with Crippen LogP contribution in [-0.2, 0) is 14.3 Å². The molecule has 27 heavy (non-hydrogen) atoms. The predicted molar refractivity (Wildman–Crippen MR) is 94.3 cm³/mol. The largest absolute Gasteiger partial charge is 0.494 e. The molecule has 0 bridgehead atoms. The van der Waals surface area contributed by atoms with Crippen LogP contribution >= 0.6 is 0 Å². The summed E-state index contributed by atoms with van der Waals surface area (Å²) in [7, 11) is 1.31. The van der Waals surface area contributed by atoms with E-state index in [9.17, 15) is 18.8 Å². The first-order valence-corrected chi connectivity index (χ1v) is 8.02. The lowest BCUT2D eigenvalue weighted by atomic mass is 10.2. The van der Waals surface area contributed by atoms with Gasteiger partial charge in [-0.2, -0.15) is 0 Å². The third kappa shape index (κ3) is 5.53. The summed E-state index contributed by atoms with van der Waals surface area (Å²) >= 11 is 0. The van der Waals surface area contributed by atoms with E-state index >= 15 is 0 Å². The van der Waals surface area contributed by atoms with Crippen LogP contribution in [0.2, 0.25) is 0 Å². The van der Waals surface area contributed by atoms with Gasteiger partial charge in [0.2, 0.25) is 0 Å². The zero-order chi connectivity index (χ0) is 19.8. The molecule has 0 fully saturated rings. The van der Waals surface area contributed by atoms with Crippen LogP contribution in [0.25, 0.3) is 0 Å². The van der Waals surface area contributed by atoms with Crippen molar-refractivity contribution in [2.45, 2.75) is 6.92 Å². The maximum atomic E-state index is 13.6. The second-order valence-electron chi connectivity index (χ2n) is 5.27. The highest BCUT2D eigenvalue weighted by molar-refractivity contribution is 5.96. The van der Waals surface area contributed by atoms with Gasteiger partial charge in [-0.05, 0) is 49.4 Å². The van der Waals surface area contributed by atoms with E-state index in [2.05, 4.69) is 5.32 Å². The summed E-state index contributed by atoms with van der Waals surface area (Å²) in [5.74, 6) is -2.60. The topological polar surface area (TPSA) is 90.9 Å². The number of hydrogen-bond donors (Lipinski definition) is 1. The summed E-state index contributed by atoms with van der Waals surface area (Å²) in [4.78, 5) is 35.3. The molecule has 0 aromatic heterocycles. The lowest BCUT2D eigenvalue weighted by molar-refractivity contribution is -0.119. The van der Waals surface area contributed by atoms with E-state index < -0.39 is 30.3 Å². The first kappa shape index (κ1) is 19.9. The number of carbonyl (C=O) groups is 3. The number of esters is 2. The van der Waals surface area contributed by atoms with Crippen LogP contribution in [-0.4, -0.2) is 38.2 Å². The standard InChI is InChI=1S/C19H18FNO6/c1-3-26-18(23)12-4-7-14(8-5-12)21-17(22)11-27-19(24)13-6-9-16(25-2)15(20)10-13/h4-10H,3,11H2,1-2H3,(H,21,22). The maximum absolute atomic E-state index is 13.6. The summed E-state index contributed by atoms with van der Waals surface area (Å²) in [6.07, 6.45) is 0. The fraction of sp³-hybridized carbons (Fsp3) is 0.211. The molecule has 0 heterocycles. The molecule has 0 spiro atoms. The fourth-order valence-electron chi connectivity index (χ4n) is 2.11. The van der Waals surface area contributed by atoms with Crippen LogP contribution in [0.15, 0.2) is 42.5 Å². The minimum absolute atomic E-state index is 0.00411. The van der Waals surface area contributed by atoms with Crippen LogP contribution in [0, 0.1) is 5.82 Å². The van der Waals surface area contributed by atoms with Crippen LogP contribution < -0.4 is 10.1 Å². The Morgan fingerprint density at radius 2 is 1.59 bits per heavy atom. The number of anilines is 1. The third-order valence-electron chi connectivity index (χ3n) is 3.40. The van der Waals surface area contributed by atoms with Gasteiger partial charge in [0.25, 0.3) is 5.91 Å². The van der Waals surface area contributed by atoms with E-state index in [1.165, 1.54) is 43.5 Å². The molecule has 0 saturated heterocycles. The Morgan fingerprint density at radius 1 is 0.963 bits per heavy atom. The van der Waals surface area contributed by atoms with Gasteiger partial charge in [-0.3, -0.25) is 4.79 Å². The van der Waals surface area contributed by atoms with Crippen LogP contribution in [0.4, 0.5) is 10.1 Å². The second kappa shape index (κ2) is 9.33. The number of methoxy groups -OCH3 is 1. The molecule has 0 radical (unpaired) electrons. The molecule has 0 atom stereocenters. The number of nitrogens with one attached hydrogen (secondary N) is 1. The molecule has 0 unspecified atom stereocenters. The highest BCUT2D eigenvalue weighted by Crippen LogP contribution is 2.18. The zero-order valence-electron chi connectivity index (χ0n) is 14.8. The van der Waals surface area contributed by atoms with E-state index in [1.54, 1.807) is 6.92 Å². The summed E-state index contributed by atoms with van der Waals surface area (Å²) < 4.78 is 28.1. The Labute approximate surface area is 155 Å². The molecule has 0 aliphatic carbocycles. The Morgan fingerprint density at radius 3 is 2.19 bits per heavy atom. The molecule has 1 amide bonds. The molecule has 2 aromatic rings. The molecule has 7 nitrogen and oxygen atoms in total. The highest BCUT2D eigenvalue weighted by atomic mass is 19.1. The number of halogens is 1. The minimum atomic E-state index is -0.843. The van der Waals surface area contributed by atoms with Gasteiger partial charge in [0, 0.05) is 5.69 Å². The number of rotatable bonds is 7. The number of benzene rings is 2. The molecule has 2 rings (SSSR count). The lowest BCUT2D eigenvalue weighted by Crippen LogP contribution is -2.21. The summed E-state index contributed by atoms with van der Waals surface area (Å²) in [5, 5.41) is 2.51. The van der Waals surface area contributed by atoms with Crippen molar-refractivity contribution in [2.75, 3.05) is 25.6 Å². The fourth-order valence-corrected chi connectivity index (χ4v) is 2.11. The van der Waals surface area contributed by atoms with Gasteiger partial charge >= 0.3 is 11.9 Å². The smallest absolute Gasteiger partial charge is 0.338 e. The number of amides is 1. The van der Waals surface area contributed by atoms with Crippen molar-refractivity contribution in [1.82, 2.24) is 0 Å². The van der Waals surface area contributed by atoms with E-state index in [4.69, 9.17) is 14.2 Å². The van der Waals surface area contributed by atoms with Gasteiger partial charge < -0.3 is 19.5 Å². The Balaban J connectivity index is 1.87. The van der Waals surface area contributed by atoms with Gasteiger partial charge in [0.1, 0.15) is 0 Å². The molecule has 0 aliphatic rings. The molecular weight excluding hydrogens is 357 g/mol. The number of hydrogen-bond acceptors (Lipinski definition) is 6. The van der Waals surface area contributed by atoms with Crippen molar-refractivity contribution in [1.29, 1.82) is 0 Å². The third-order valence-corrected chi connectivity index (χ3v) is 3.40. The van der Waals surface area contributed by atoms with Crippen molar-refractivity contribution in [3.8, 4) is 5.75 Å². The monoisotopic (exact) mass is 375 g/mol. The maximum Gasteiger partial charge on any atom is 0.338 e. The molecule has 0 saturated carbocycles. The minimum Gasteiger partial charge on any atom is -0.494 e. The SMILES string of the molecule is CCOC(=O)c1ccc(NC(=O)COC(=O)c2ccc(OC)c(F)c2)cc1. The van der Waals surface area contributed by atoms with Crippen molar-refractivity contribution in [2.24, 2.45) is 0 Å².